The quantitative estimate of drug-likeness (QED) is 0.897. The van der Waals surface area contributed by atoms with Gasteiger partial charge in [-0.1, -0.05) is 6.07 Å². The summed E-state index contributed by atoms with van der Waals surface area (Å²) in [6.07, 6.45) is 1.12. The molecule has 6 nitrogen and oxygen atoms in total. The predicted octanol–water partition coefficient (Wildman–Crippen LogP) is 2.12. The first-order valence-corrected chi connectivity index (χ1v) is 5.86. The Bertz CT molecular complexity index is 731. The lowest BCUT2D eigenvalue weighted by atomic mass is 10.1. The van der Waals surface area contributed by atoms with Crippen LogP contribution in [0, 0.1) is 12.7 Å². The van der Waals surface area contributed by atoms with Crippen molar-refractivity contribution in [3.05, 3.63) is 53.1 Å². The molecule has 0 saturated carbocycles. The molecule has 2 rings (SSSR count). The van der Waals surface area contributed by atoms with E-state index >= 15 is 0 Å². The first-order valence-electron chi connectivity index (χ1n) is 5.86. The first-order chi connectivity index (χ1) is 9.90. The van der Waals surface area contributed by atoms with Gasteiger partial charge >= 0.3 is 5.97 Å². The summed E-state index contributed by atoms with van der Waals surface area (Å²) >= 11 is 0. The van der Waals surface area contributed by atoms with Crippen molar-refractivity contribution in [3.63, 3.8) is 0 Å². The number of nitrogens with zero attached hydrogens (tertiary/aromatic N) is 1. The maximum absolute atomic E-state index is 13.6. The number of aromatic nitrogens is 1. The minimum absolute atomic E-state index is 0.0527. The molecule has 0 bridgehead atoms. The van der Waals surface area contributed by atoms with Crippen LogP contribution in [0.25, 0.3) is 0 Å². The molecule has 1 aromatic carbocycles. The number of aromatic carboxylic acids is 1. The molecule has 0 aliphatic carbocycles. The van der Waals surface area contributed by atoms with Gasteiger partial charge in [0.2, 0.25) is 0 Å². The number of carboxylic acid groups (broad SMARTS) is 1. The molecule has 2 aromatic rings. The molecule has 0 radical (unpaired) electrons. The number of hydrogen-bond donors (Lipinski definition) is 2. The number of ether oxygens (including phenoxy) is 1. The highest BCUT2D eigenvalue weighted by atomic mass is 19.1. The SMILES string of the molecule is Cc1cc(Oc2cccc(F)c2C(N)=O)c(C(=O)O)cn1. The van der Waals surface area contributed by atoms with E-state index in [1.54, 1.807) is 6.92 Å². The van der Waals surface area contributed by atoms with Crippen LogP contribution in [0.2, 0.25) is 0 Å². The fraction of sp³-hybridized carbons (Fsp3) is 0.0714. The van der Waals surface area contributed by atoms with Crippen LogP contribution >= 0.6 is 0 Å². The van der Waals surface area contributed by atoms with Crippen LogP contribution in [0.4, 0.5) is 4.39 Å². The van der Waals surface area contributed by atoms with Crippen LogP contribution in [0.1, 0.15) is 26.4 Å². The summed E-state index contributed by atoms with van der Waals surface area (Å²) in [6, 6.07) is 5.08. The van der Waals surface area contributed by atoms with Crippen LogP contribution in [0.5, 0.6) is 11.5 Å². The topological polar surface area (TPSA) is 103 Å². The Labute approximate surface area is 119 Å². The van der Waals surface area contributed by atoms with E-state index in [0.29, 0.717) is 5.69 Å². The number of primary amides is 1. The van der Waals surface area contributed by atoms with Crippen molar-refractivity contribution in [2.24, 2.45) is 5.73 Å². The van der Waals surface area contributed by atoms with E-state index in [1.165, 1.54) is 18.2 Å². The van der Waals surface area contributed by atoms with Crippen molar-refractivity contribution in [3.8, 4) is 11.5 Å². The average molecular weight is 290 g/mol. The predicted molar refractivity (Wildman–Crippen MR) is 70.9 cm³/mol. The Kier molecular flexibility index (Phi) is 3.84. The van der Waals surface area contributed by atoms with Gasteiger partial charge in [-0.3, -0.25) is 9.78 Å². The van der Waals surface area contributed by atoms with Crippen LogP contribution in [0.3, 0.4) is 0 Å². The highest BCUT2D eigenvalue weighted by Crippen LogP contribution is 2.29. The second kappa shape index (κ2) is 5.58. The molecule has 1 aromatic heterocycles. The number of hydrogen-bond acceptors (Lipinski definition) is 4. The fourth-order valence-electron chi connectivity index (χ4n) is 1.73. The van der Waals surface area contributed by atoms with E-state index in [2.05, 4.69) is 4.98 Å². The smallest absolute Gasteiger partial charge is 0.341 e. The van der Waals surface area contributed by atoms with Crippen molar-refractivity contribution in [2.75, 3.05) is 0 Å². The lowest BCUT2D eigenvalue weighted by Gasteiger charge is -2.12. The van der Waals surface area contributed by atoms with Gasteiger partial charge < -0.3 is 15.6 Å². The van der Waals surface area contributed by atoms with E-state index in [-0.39, 0.29) is 17.1 Å². The first kappa shape index (κ1) is 14.4. The Morgan fingerprint density at radius 1 is 1.33 bits per heavy atom. The molecule has 0 spiro atoms. The number of amides is 1. The lowest BCUT2D eigenvalue weighted by Crippen LogP contribution is -2.14. The summed E-state index contributed by atoms with van der Waals surface area (Å²) < 4.78 is 19.0. The molecule has 21 heavy (non-hydrogen) atoms. The number of carbonyl (C=O) groups excluding carboxylic acids is 1. The van der Waals surface area contributed by atoms with Crippen molar-refractivity contribution >= 4 is 11.9 Å². The summed E-state index contributed by atoms with van der Waals surface area (Å²) in [7, 11) is 0. The average Bonchev–Trinajstić information content (AvgIpc) is 2.37. The molecular formula is C14H11FN2O4. The Morgan fingerprint density at radius 3 is 2.67 bits per heavy atom. The third-order valence-corrected chi connectivity index (χ3v) is 2.67. The summed E-state index contributed by atoms with van der Waals surface area (Å²) in [6.45, 7) is 1.64. The number of rotatable bonds is 4. The standard InChI is InChI=1S/C14H11FN2O4/c1-7-5-11(8(6-17-7)14(19)20)21-10-4-2-3-9(15)12(10)13(16)18/h2-6H,1H3,(H2,16,18)(H,19,20). The van der Waals surface area contributed by atoms with Crippen molar-refractivity contribution in [1.82, 2.24) is 4.98 Å². The molecule has 3 N–H and O–H groups in total. The van der Waals surface area contributed by atoms with Gasteiger partial charge in [0.05, 0.1) is 0 Å². The van der Waals surface area contributed by atoms with Gasteiger partial charge in [-0.2, -0.15) is 0 Å². The minimum atomic E-state index is -1.26. The monoisotopic (exact) mass is 290 g/mol. The second-order valence-electron chi connectivity index (χ2n) is 4.21. The van der Waals surface area contributed by atoms with E-state index in [9.17, 15) is 14.0 Å². The highest BCUT2D eigenvalue weighted by molar-refractivity contribution is 5.96. The van der Waals surface area contributed by atoms with Gasteiger partial charge in [-0.05, 0) is 19.1 Å². The van der Waals surface area contributed by atoms with Gasteiger partial charge in [0.15, 0.2) is 0 Å². The third-order valence-electron chi connectivity index (χ3n) is 2.67. The zero-order valence-electron chi connectivity index (χ0n) is 11.0. The van der Waals surface area contributed by atoms with Gasteiger partial charge in [-0.25, -0.2) is 9.18 Å². The number of pyridine rings is 1. The number of nitrogens with two attached hydrogens (primary N) is 1. The van der Waals surface area contributed by atoms with Crippen molar-refractivity contribution < 1.29 is 23.8 Å². The number of aryl methyl sites for hydroxylation is 1. The maximum Gasteiger partial charge on any atom is 0.341 e. The van der Waals surface area contributed by atoms with Gasteiger partial charge in [0.25, 0.3) is 5.91 Å². The molecule has 108 valence electrons. The van der Waals surface area contributed by atoms with E-state index < -0.39 is 23.3 Å². The molecule has 0 aliphatic heterocycles. The lowest BCUT2D eigenvalue weighted by molar-refractivity contribution is 0.0693. The van der Waals surface area contributed by atoms with Crippen molar-refractivity contribution in [2.45, 2.75) is 6.92 Å². The maximum atomic E-state index is 13.6. The minimum Gasteiger partial charge on any atom is -0.477 e. The van der Waals surface area contributed by atoms with Gasteiger partial charge in [-0.15, -0.1) is 0 Å². The normalized spacial score (nSPS) is 10.2. The number of carboxylic acids is 1. The van der Waals surface area contributed by atoms with Gasteiger partial charge in [0, 0.05) is 18.0 Å². The second-order valence-corrected chi connectivity index (χ2v) is 4.21. The zero-order valence-corrected chi connectivity index (χ0v) is 11.0. The summed E-state index contributed by atoms with van der Waals surface area (Å²) in [4.78, 5) is 26.3. The molecule has 1 amide bonds. The molecule has 1 heterocycles. The highest BCUT2D eigenvalue weighted by Gasteiger charge is 2.19. The largest absolute Gasteiger partial charge is 0.477 e. The number of halogens is 1. The Morgan fingerprint density at radius 2 is 2.05 bits per heavy atom. The Hall–Kier alpha value is -2.96. The molecular weight excluding hydrogens is 279 g/mol. The fourth-order valence-corrected chi connectivity index (χ4v) is 1.73. The van der Waals surface area contributed by atoms with E-state index in [0.717, 1.165) is 12.3 Å². The van der Waals surface area contributed by atoms with Crippen molar-refractivity contribution in [1.29, 1.82) is 0 Å². The molecule has 7 heteroatoms. The Balaban J connectivity index is 2.53. The molecule has 0 fully saturated rings. The van der Waals surface area contributed by atoms with Crippen LogP contribution in [0.15, 0.2) is 30.5 Å². The van der Waals surface area contributed by atoms with Crippen LogP contribution in [-0.2, 0) is 0 Å². The summed E-state index contributed by atoms with van der Waals surface area (Å²) in [5.74, 6) is -3.32. The molecule has 0 atom stereocenters. The summed E-state index contributed by atoms with van der Waals surface area (Å²) in [5.41, 5.74) is 4.97. The molecule has 0 unspecified atom stereocenters. The third kappa shape index (κ3) is 2.97. The molecule has 0 saturated heterocycles. The van der Waals surface area contributed by atoms with Crippen LogP contribution in [-0.4, -0.2) is 22.0 Å². The van der Waals surface area contributed by atoms with Gasteiger partial charge in [0.1, 0.15) is 28.4 Å². The van der Waals surface area contributed by atoms with E-state index in [4.69, 9.17) is 15.6 Å². The van der Waals surface area contributed by atoms with Crippen LogP contribution < -0.4 is 10.5 Å². The van der Waals surface area contributed by atoms with E-state index in [1.807, 2.05) is 0 Å². The number of benzene rings is 1. The zero-order chi connectivity index (χ0) is 15.6. The molecule has 0 aliphatic rings. The summed E-state index contributed by atoms with van der Waals surface area (Å²) in [5, 5.41) is 9.08. The number of carbonyl (C=O) groups is 2.